The van der Waals surface area contributed by atoms with Gasteiger partial charge in [0.15, 0.2) is 17.5 Å². The lowest BCUT2D eigenvalue weighted by atomic mass is 10.1. The minimum atomic E-state index is 0.135. The normalized spacial score (nSPS) is 15.9. The number of nitrogens with one attached hydrogen (secondary N) is 2. The molecule has 5 nitrogen and oxygen atoms in total. The third-order valence-corrected chi connectivity index (χ3v) is 3.90. The Balaban J connectivity index is 2.01. The lowest BCUT2D eigenvalue weighted by molar-refractivity contribution is 0.287. The van der Waals surface area contributed by atoms with Crippen molar-refractivity contribution in [2.45, 2.75) is 39.7 Å². The Bertz CT molecular complexity index is 527. The highest BCUT2D eigenvalue weighted by atomic mass is 16.5. The highest BCUT2D eigenvalue weighted by molar-refractivity contribution is 5.80. The molecule has 1 unspecified atom stereocenters. The van der Waals surface area contributed by atoms with Gasteiger partial charge >= 0.3 is 0 Å². The van der Waals surface area contributed by atoms with Crippen molar-refractivity contribution >= 4 is 5.96 Å². The van der Waals surface area contributed by atoms with E-state index in [1.807, 2.05) is 26.0 Å². The molecular weight excluding hydrogens is 290 g/mol. The van der Waals surface area contributed by atoms with E-state index in [4.69, 9.17) is 9.47 Å². The first kappa shape index (κ1) is 17.4. The number of benzene rings is 1. The molecule has 1 fully saturated rings. The molecule has 1 aliphatic carbocycles. The molecule has 1 aromatic rings. The summed E-state index contributed by atoms with van der Waals surface area (Å²) in [6.07, 6.45) is 2.66. The summed E-state index contributed by atoms with van der Waals surface area (Å²) >= 11 is 0. The van der Waals surface area contributed by atoms with Crippen LogP contribution in [-0.4, -0.2) is 32.8 Å². The van der Waals surface area contributed by atoms with Crippen LogP contribution in [0.15, 0.2) is 23.2 Å². The van der Waals surface area contributed by atoms with Crippen molar-refractivity contribution in [3.05, 3.63) is 23.8 Å². The average Bonchev–Trinajstić information content (AvgIpc) is 3.37. The van der Waals surface area contributed by atoms with E-state index in [2.05, 4.69) is 28.6 Å². The largest absolute Gasteiger partial charge is 0.490 e. The molecule has 0 aromatic heterocycles. The fraction of sp³-hybridized carbons (Fsp3) is 0.611. The fourth-order valence-electron chi connectivity index (χ4n) is 2.38. The number of rotatable bonds is 8. The maximum absolute atomic E-state index is 5.70. The number of hydrogen-bond acceptors (Lipinski definition) is 3. The average molecular weight is 319 g/mol. The maximum Gasteiger partial charge on any atom is 0.191 e. The van der Waals surface area contributed by atoms with Gasteiger partial charge in [-0.1, -0.05) is 6.07 Å². The van der Waals surface area contributed by atoms with Gasteiger partial charge in [0.25, 0.3) is 0 Å². The van der Waals surface area contributed by atoms with Gasteiger partial charge in [-0.2, -0.15) is 0 Å². The molecule has 128 valence electrons. The molecule has 2 N–H and O–H groups in total. The highest BCUT2D eigenvalue weighted by Gasteiger charge is 2.21. The van der Waals surface area contributed by atoms with Gasteiger partial charge in [0.2, 0.25) is 0 Å². The van der Waals surface area contributed by atoms with Crippen LogP contribution in [-0.2, 0) is 0 Å². The maximum atomic E-state index is 5.70. The Hall–Kier alpha value is -1.91. The second kappa shape index (κ2) is 8.65. The van der Waals surface area contributed by atoms with Crippen LogP contribution in [0.4, 0.5) is 0 Å². The number of guanidine groups is 1. The summed E-state index contributed by atoms with van der Waals surface area (Å²) in [6, 6.07) is 6.22. The van der Waals surface area contributed by atoms with Crippen LogP contribution in [0, 0.1) is 5.92 Å². The van der Waals surface area contributed by atoms with Crippen molar-refractivity contribution in [1.29, 1.82) is 0 Å². The number of ether oxygens (including phenoxy) is 2. The van der Waals surface area contributed by atoms with Gasteiger partial charge in [-0.05, 0) is 57.2 Å². The van der Waals surface area contributed by atoms with E-state index in [-0.39, 0.29) is 6.04 Å². The van der Waals surface area contributed by atoms with E-state index < -0.39 is 0 Å². The Morgan fingerprint density at radius 3 is 2.52 bits per heavy atom. The molecule has 1 aromatic carbocycles. The standard InChI is InChI=1S/C18H29N3O2/c1-5-22-16-10-9-15(11-17(16)23-6-2)13(3)21-18(19-4)20-12-14-7-8-14/h9-11,13-14H,5-8,12H2,1-4H3,(H2,19,20,21). The molecule has 5 heteroatoms. The lowest BCUT2D eigenvalue weighted by Crippen LogP contribution is -2.39. The fourth-order valence-corrected chi connectivity index (χ4v) is 2.38. The van der Waals surface area contributed by atoms with E-state index in [1.54, 1.807) is 7.05 Å². The summed E-state index contributed by atoms with van der Waals surface area (Å²) in [5.74, 6) is 3.25. The molecule has 0 heterocycles. The summed E-state index contributed by atoms with van der Waals surface area (Å²) < 4.78 is 11.3. The topological polar surface area (TPSA) is 54.9 Å². The van der Waals surface area contributed by atoms with Gasteiger partial charge in [0.05, 0.1) is 19.3 Å². The molecule has 1 aliphatic rings. The quantitative estimate of drug-likeness (QED) is 0.571. The Kier molecular flexibility index (Phi) is 6.56. The molecule has 23 heavy (non-hydrogen) atoms. The predicted octanol–water partition coefficient (Wildman–Crippen LogP) is 3.12. The molecule has 0 amide bonds. The number of hydrogen-bond donors (Lipinski definition) is 2. The van der Waals surface area contributed by atoms with Crippen LogP contribution in [0.5, 0.6) is 11.5 Å². The highest BCUT2D eigenvalue weighted by Crippen LogP contribution is 2.31. The van der Waals surface area contributed by atoms with Gasteiger partial charge < -0.3 is 20.1 Å². The van der Waals surface area contributed by atoms with Crippen LogP contribution in [0.3, 0.4) is 0 Å². The summed E-state index contributed by atoms with van der Waals surface area (Å²) in [7, 11) is 1.80. The van der Waals surface area contributed by atoms with Gasteiger partial charge in [-0.15, -0.1) is 0 Å². The SMILES string of the molecule is CCOc1ccc(C(C)NC(=NC)NCC2CC2)cc1OCC. The van der Waals surface area contributed by atoms with Gasteiger partial charge in [-0.25, -0.2) is 0 Å². The molecule has 0 spiro atoms. The molecule has 1 atom stereocenters. The van der Waals surface area contributed by atoms with E-state index in [9.17, 15) is 0 Å². The monoisotopic (exact) mass is 319 g/mol. The van der Waals surface area contributed by atoms with Crippen molar-refractivity contribution in [3.63, 3.8) is 0 Å². The van der Waals surface area contributed by atoms with Gasteiger partial charge in [-0.3, -0.25) is 4.99 Å². The Labute approximate surface area is 139 Å². The summed E-state index contributed by atoms with van der Waals surface area (Å²) in [5, 5.41) is 6.82. The van der Waals surface area contributed by atoms with Crippen molar-refractivity contribution < 1.29 is 9.47 Å². The zero-order chi connectivity index (χ0) is 16.7. The van der Waals surface area contributed by atoms with Gasteiger partial charge in [0.1, 0.15) is 0 Å². The van der Waals surface area contributed by atoms with Crippen molar-refractivity contribution in [2.75, 3.05) is 26.8 Å². The van der Waals surface area contributed by atoms with Gasteiger partial charge in [0, 0.05) is 13.6 Å². The zero-order valence-corrected chi connectivity index (χ0v) is 14.7. The Morgan fingerprint density at radius 2 is 1.91 bits per heavy atom. The predicted molar refractivity (Wildman–Crippen MR) is 94.4 cm³/mol. The van der Waals surface area contributed by atoms with Crippen LogP contribution in [0.25, 0.3) is 0 Å². The summed E-state index contributed by atoms with van der Waals surface area (Å²) in [6.45, 7) is 8.33. The lowest BCUT2D eigenvalue weighted by Gasteiger charge is -2.20. The summed E-state index contributed by atoms with van der Waals surface area (Å²) in [4.78, 5) is 4.30. The minimum Gasteiger partial charge on any atom is -0.490 e. The first-order valence-corrected chi connectivity index (χ1v) is 8.54. The summed E-state index contributed by atoms with van der Waals surface area (Å²) in [5.41, 5.74) is 1.14. The number of nitrogens with zero attached hydrogens (tertiary/aromatic N) is 1. The van der Waals surface area contributed by atoms with Crippen molar-refractivity contribution in [1.82, 2.24) is 10.6 Å². The number of aliphatic imine (C=N–C) groups is 1. The van der Waals surface area contributed by atoms with Crippen molar-refractivity contribution in [3.8, 4) is 11.5 Å². The van der Waals surface area contributed by atoms with Crippen molar-refractivity contribution in [2.24, 2.45) is 10.9 Å². The molecule has 0 saturated heterocycles. The van der Waals surface area contributed by atoms with E-state index in [0.29, 0.717) is 13.2 Å². The molecule has 0 radical (unpaired) electrons. The third kappa shape index (κ3) is 5.34. The van der Waals surface area contributed by atoms with Crippen LogP contribution < -0.4 is 20.1 Å². The minimum absolute atomic E-state index is 0.135. The first-order chi connectivity index (χ1) is 11.2. The van der Waals surface area contributed by atoms with Crippen LogP contribution >= 0.6 is 0 Å². The second-order valence-corrected chi connectivity index (χ2v) is 5.83. The van der Waals surface area contributed by atoms with E-state index in [1.165, 1.54) is 12.8 Å². The Morgan fingerprint density at radius 1 is 1.22 bits per heavy atom. The second-order valence-electron chi connectivity index (χ2n) is 5.83. The molecule has 1 saturated carbocycles. The molecular formula is C18H29N3O2. The smallest absolute Gasteiger partial charge is 0.191 e. The molecule has 0 bridgehead atoms. The van der Waals surface area contributed by atoms with Crippen LogP contribution in [0.1, 0.15) is 45.2 Å². The molecule has 2 rings (SSSR count). The van der Waals surface area contributed by atoms with E-state index >= 15 is 0 Å². The first-order valence-electron chi connectivity index (χ1n) is 8.54. The zero-order valence-electron chi connectivity index (χ0n) is 14.7. The van der Waals surface area contributed by atoms with Crippen LogP contribution in [0.2, 0.25) is 0 Å². The third-order valence-electron chi connectivity index (χ3n) is 3.90. The van der Waals surface area contributed by atoms with E-state index in [0.717, 1.165) is 35.5 Å². The molecule has 0 aliphatic heterocycles.